The highest BCUT2D eigenvalue weighted by Gasteiger charge is 2.08. The van der Waals surface area contributed by atoms with Gasteiger partial charge in [-0.2, -0.15) is 10.2 Å². The number of amides is 1. The Morgan fingerprint density at radius 3 is 2.46 bits per heavy atom. The minimum absolute atomic E-state index is 0.214. The van der Waals surface area contributed by atoms with Gasteiger partial charge in [0.2, 0.25) is 0 Å². The van der Waals surface area contributed by atoms with Crippen LogP contribution in [0.25, 0.3) is 11.5 Å². The van der Waals surface area contributed by atoms with Gasteiger partial charge in [-0.1, -0.05) is 0 Å². The molecule has 1 amide bonds. The van der Waals surface area contributed by atoms with E-state index in [1.807, 2.05) is 18.3 Å². The Morgan fingerprint density at radius 1 is 1.00 bits per heavy atom. The number of carbonyl (C=O) groups excluding carboxylic acids is 1. The number of aromatic nitrogens is 6. The van der Waals surface area contributed by atoms with Gasteiger partial charge in [-0.25, -0.2) is 19.3 Å². The van der Waals surface area contributed by atoms with Gasteiger partial charge in [0.1, 0.15) is 12.7 Å². The first kappa shape index (κ1) is 16.2. The topological polar surface area (TPSA) is 90.5 Å². The van der Waals surface area contributed by atoms with Crippen molar-refractivity contribution in [1.82, 2.24) is 29.5 Å². The number of pyridine rings is 1. The Balaban J connectivity index is 1.46. The average molecular weight is 410 g/mol. The fourth-order valence-electron chi connectivity index (χ4n) is 2.33. The summed E-state index contributed by atoms with van der Waals surface area (Å²) >= 11 is 3.36. The maximum Gasteiger partial charge on any atom is 0.255 e. The van der Waals surface area contributed by atoms with Gasteiger partial charge in [-0.3, -0.25) is 4.79 Å². The minimum atomic E-state index is -0.214. The summed E-state index contributed by atoms with van der Waals surface area (Å²) in [5.41, 5.74) is 2.00. The third-order valence-corrected chi connectivity index (χ3v) is 4.01. The number of nitrogens with one attached hydrogen (secondary N) is 1. The summed E-state index contributed by atoms with van der Waals surface area (Å²) in [6.07, 6.45) is 8.11. The maximum absolute atomic E-state index is 12.4. The van der Waals surface area contributed by atoms with E-state index in [2.05, 4.69) is 41.4 Å². The van der Waals surface area contributed by atoms with Gasteiger partial charge in [-0.05, 0) is 52.3 Å². The molecule has 4 rings (SSSR count). The molecule has 128 valence electrons. The summed E-state index contributed by atoms with van der Waals surface area (Å²) in [6.45, 7) is 0. The SMILES string of the molecule is O=C(Nc1ccc(-n2cncn2)nc1)c1ccc(-n2cc(Br)cn2)cc1. The number of halogens is 1. The summed E-state index contributed by atoms with van der Waals surface area (Å²) in [7, 11) is 0. The van der Waals surface area contributed by atoms with Gasteiger partial charge < -0.3 is 5.32 Å². The van der Waals surface area contributed by atoms with Crippen molar-refractivity contribution in [2.24, 2.45) is 0 Å². The molecule has 0 aliphatic rings. The molecule has 0 unspecified atom stereocenters. The molecule has 0 saturated carbocycles. The largest absolute Gasteiger partial charge is 0.321 e. The van der Waals surface area contributed by atoms with Crippen molar-refractivity contribution in [1.29, 1.82) is 0 Å². The lowest BCUT2D eigenvalue weighted by molar-refractivity contribution is 0.102. The maximum atomic E-state index is 12.4. The first-order chi connectivity index (χ1) is 12.7. The van der Waals surface area contributed by atoms with E-state index in [1.54, 1.807) is 47.7 Å². The predicted octanol–water partition coefficient (Wildman–Crippen LogP) is 2.86. The number of hydrogen-bond acceptors (Lipinski definition) is 5. The van der Waals surface area contributed by atoms with Crippen LogP contribution in [0.4, 0.5) is 5.69 Å². The van der Waals surface area contributed by atoms with E-state index in [4.69, 9.17) is 0 Å². The summed E-state index contributed by atoms with van der Waals surface area (Å²) in [5.74, 6) is 0.406. The minimum Gasteiger partial charge on any atom is -0.321 e. The number of rotatable bonds is 4. The Kier molecular flexibility index (Phi) is 4.28. The van der Waals surface area contributed by atoms with E-state index in [9.17, 15) is 4.79 Å². The van der Waals surface area contributed by atoms with Crippen molar-refractivity contribution >= 4 is 27.5 Å². The average Bonchev–Trinajstić information content (AvgIpc) is 3.34. The summed E-state index contributed by atoms with van der Waals surface area (Å²) in [4.78, 5) is 20.5. The molecule has 1 N–H and O–H groups in total. The molecule has 26 heavy (non-hydrogen) atoms. The van der Waals surface area contributed by atoms with Crippen molar-refractivity contribution < 1.29 is 4.79 Å². The quantitative estimate of drug-likeness (QED) is 0.559. The molecule has 4 aromatic rings. The van der Waals surface area contributed by atoms with E-state index >= 15 is 0 Å². The van der Waals surface area contributed by atoms with Gasteiger partial charge >= 0.3 is 0 Å². The lowest BCUT2D eigenvalue weighted by Crippen LogP contribution is -2.12. The van der Waals surface area contributed by atoms with Gasteiger partial charge in [0.05, 0.1) is 28.2 Å². The van der Waals surface area contributed by atoms with Crippen LogP contribution in [-0.2, 0) is 0 Å². The number of benzene rings is 1. The van der Waals surface area contributed by atoms with Crippen LogP contribution in [-0.4, -0.2) is 35.4 Å². The molecule has 8 nitrogen and oxygen atoms in total. The fourth-order valence-corrected chi connectivity index (χ4v) is 2.62. The Bertz CT molecular complexity index is 1020. The van der Waals surface area contributed by atoms with Crippen LogP contribution in [0.1, 0.15) is 10.4 Å². The van der Waals surface area contributed by atoms with Crippen molar-refractivity contribution in [3.63, 3.8) is 0 Å². The number of hydrogen-bond donors (Lipinski definition) is 1. The molecule has 9 heteroatoms. The monoisotopic (exact) mass is 409 g/mol. The van der Waals surface area contributed by atoms with Crippen molar-refractivity contribution in [3.8, 4) is 11.5 Å². The van der Waals surface area contributed by atoms with Crippen LogP contribution >= 0.6 is 15.9 Å². The van der Waals surface area contributed by atoms with Crippen LogP contribution in [0.5, 0.6) is 0 Å². The Labute approximate surface area is 156 Å². The molecule has 3 heterocycles. The normalized spacial score (nSPS) is 10.7. The van der Waals surface area contributed by atoms with Crippen LogP contribution in [0.3, 0.4) is 0 Å². The summed E-state index contributed by atoms with van der Waals surface area (Å²) < 4.78 is 4.15. The van der Waals surface area contributed by atoms with Crippen molar-refractivity contribution in [2.75, 3.05) is 5.32 Å². The third kappa shape index (κ3) is 3.38. The molecule has 0 aliphatic heterocycles. The van der Waals surface area contributed by atoms with E-state index in [0.29, 0.717) is 17.1 Å². The highest BCUT2D eigenvalue weighted by Crippen LogP contribution is 2.15. The summed E-state index contributed by atoms with van der Waals surface area (Å²) in [6, 6.07) is 10.7. The van der Waals surface area contributed by atoms with Crippen molar-refractivity contribution in [2.45, 2.75) is 0 Å². The molecule has 0 fully saturated rings. The van der Waals surface area contributed by atoms with Gasteiger partial charge in [0.15, 0.2) is 5.82 Å². The highest BCUT2D eigenvalue weighted by atomic mass is 79.9. The van der Waals surface area contributed by atoms with E-state index in [1.165, 1.54) is 11.0 Å². The van der Waals surface area contributed by atoms with Crippen molar-refractivity contribution in [3.05, 3.63) is 77.7 Å². The highest BCUT2D eigenvalue weighted by molar-refractivity contribution is 9.10. The first-order valence-corrected chi connectivity index (χ1v) is 8.41. The lowest BCUT2D eigenvalue weighted by atomic mass is 10.2. The van der Waals surface area contributed by atoms with E-state index in [0.717, 1.165) is 10.2 Å². The molecule has 0 saturated heterocycles. The molecular formula is C17H12BrN7O. The first-order valence-electron chi connectivity index (χ1n) is 7.62. The second-order valence-electron chi connectivity index (χ2n) is 5.35. The summed E-state index contributed by atoms with van der Waals surface area (Å²) in [5, 5.41) is 11.0. The number of nitrogens with zero attached hydrogens (tertiary/aromatic N) is 6. The molecule has 0 atom stereocenters. The molecular weight excluding hydrogens is 398 g/mol. The molecule has 0 aliphatic carbocycles. The van der Waals surface area contributed by atoms with Gasteiger partial charge in [-0.15, -0.1) is 0 Å². The van der Waals surface area contributed by atoms with Crippen LogP contribution < -0.4 is 5.32 Å². The molecule has 0 radical (unpaired) electrons. The number of anilines is 1. The fraction of sp³-hybridized carbons (Fsp3) is 0. The number of carbonyl (C=O) groups is 1. The van der Waals surface area contributed by atoms with E-state index < -0.39 is 0 Å². The van der Waals surface area contributed by atoms with E-state index in [-0.39, 0.29) is 5.91 Å². The van der Waals surface area contributed by atoms with Crippen LogP contribution in [0.15, 0.2) is 72.1 Å². The van der Waals surface area contributed by atoms with Crippen LogP contribution in [0, 0.1) is 0 Å². The van der Waals surface area contributed by atoms with Gasteiger partial charge in [0.25, 0.3) is 5.91 Å². The zero-order valence-electron chi connectivity index (χ0n) is 13.3. The Morgan fingerprint density at radius 2 is 1.85 bits per heavy atom. The molecule has 0 spiro atoms. The zero-order chi connectivity index (χ0) is 17.9. The standard InChI is InChI=1S/C17H12BrN7O/c18-13-7-21-24(9-13)15-4-1-12(2-5-15)17(26)23-14-3-6-16(20-8-14)25-11-19-10-22-25/h1-11H,(H,23,26). The smallest absolute Gasteiger partial charge is 0.255 e. The molecule has 1 aromatic carbocycles. The predicted molar refractivity (Wildman–Crippen MR) is 98.4 cm³/mol. The molecule has 3 aromatic heterocycles. The second-order valence-corrected chi connectivity index (χ2v) is 6.26. The van der Waals surface area contributed by atoms with Gasteiger partial charge in [0, 0.05) is 11.8 Å². The van der Waals surface area contributed by atoms with Crippen LogP contribution in [0.2, 0.25) is 0 Å². The third-order valence-electron chi connectivity index (χ3n) is 3.60. The Hall–Kier alpha value is -3.33. The molecule has 0 bridgehead atoms. The lowest BCUT2D eigenvalue weighted by Gasteiger charge is -2.07. The zero-order valence-corrected chi connectivity index (χ0v) is 14.9. The second kappa shape index (κ2) is 6.89.